The predicted octanol–water partition coefficient (Wildman–Crippen LogP) is 7.69. The summed E-state index contributed by atoms with van der Waals surface area (Å²) in [6.07, 6.45) is 11.6. The van der Waals surface area contributed by atoms with Crippen LogP contribution in [-0.4, -0.2) is 31.3 Å². The first-order valence-corrected chi connectivity index (χ1v) is 13.1. The summed E-state index contributed by atoms with van der Waals surface area (Å²) < 4.78 is 20.2. The van der Waals surface area contributed by atoms with Gasteiger partial charge < -0.3 is 9.72 Å². The maximum atomic E-state index is 13.9. The molecule has 0 spiro atoms. The van der Waals surface area contributed by atoms with Gasteiger partial charge >= 0.3 is 0 Å². The second-order valence-corrected chi connectivity index (χ2v) is 9.93. The molecule has 1 aliphatic rings. The van der Waals surface area contributed by atoms with Crippen molar-refractivity contribution in [1.82, 2.24) is 25.1 Å². The summed E-state index contributed by atoms with van der Waals surface area (Å²) in [5, 5.41) is 9.68. The van der Waals surface area contributed by atoms with E-state index in [1.165, 1.54) is 25.3 Å². The second-order valence-electron chi connectivity index (χ2n) is 9.93. The standard InChI is InChI=1S/C31H26FN5O/c32-21-7-4-6-19(12-21)24-10-5-11-27-25(24)14-29(35-27)31-26-15-28(34-18-30(26)36-37-31)20-13-23(17-33-16-20)38-22-8-2-1-3-9-22/h4-7,10-18,22,35H,1-3,8-9H2,(H,36,37). The average molecular weight is 504 g/mol. The molecule has 0 bridgehead atoms. The Hall–Kier alpha value is -4.52. The minimum Gasteiger partial charge on any atom is -0.489 e. The van der Waals surface area contributed by atoms with Gasteiger partial charge in [-0.3, -0.25) is 15.1 Å². The van der Waals surface area contributed by atoms with E-state index in [0.29, 0.717) is 0 Å². The number of pyridine rings is 2. The summed E-state index contributed by atoms with van der Waals surface area (Å²) in [7, 11) is 0. The van der Waals surface area contributed by atoms with Gasteiger partial charge in [-0.1, -0.05) is 30.7 Å². The summed E-state index contributed by atoms with van der Waals surface area (Å²) in [6.45, 7) is 0. The molecular formula is C31H26FN5O. The molecule has 1 fully saturated rings. The van der Waals surface area contributed by atoms with Crippen LogP contribution in [0, 0.1) is 5.82 Å². The first-order chi connectivity index (χ1) is 18.7. The lowest BCUT2D eigenvalue weighted by atomic mass is 9.98. The van der Waals surface area contributed by atoms with Crippen molar-refractivity contribution in [3.63, 3.8) is 0 Å². The molecule has 1 aliphatic carbocycles. The first-order valence-electron chi connectivity index (χ1n) is 13.1. The van der Waals surface area contributed by atoms with Crippen molar-refractivity contribution < 1.29 is 9.13 Å². The minimum atomic E-state index is -0.253. The van der Waals surface area contributed by atoms with Crippen LogP contribution >= 0.6 is 0 Å². The molecule has 2 aromatic carbocycles. The smallest absolute Gasteiger partial charge is 0.138 e. The average Bonchev–Trinajstić information content (AvgIpc) is 3.57. The van der Waals surface area contributed by atoms with Gasteiger partial charge in [0.05, 0.1) is 35.4 Å². The Morgan fingerprint density at radius 1 is 0.816 bits per heavy atom. The van der Waals surface area contributed by atoms with Crippen molar-refractivity contribution in [1.29, 1.82) is 0 Å². The molecule has 188 valence electrons. The summed E-state index contributed by atoms with van der Waals surface area (Å²) >= 11 is 0. The number of aromatic amines is 2. The molecule has 0 radical (unpaired) electrons. The number of halogens is 1. The molecule has 0 unspecified atom stereocenters. The number of rotatable bonds is 5. The third-order valence-electron chi connectivity index (χ3n) is 7.37. The minimum absolute atomic E-state index is 0.253. The van der Waals surface area contributed by atoms with E-state index in [4.69, 9.17) is 4.74 Å². The third-order valence-corrected chi connectivity index (χ3v) is 7.37. The van der Waals surface area contributed by atoms with Crippen LogP contribution in [0.15, 0.2) is 79.3 Å². The van der Waals surface area contributed by atoms with Gasteiger partial charge in [0, 0.05) is 28.0 Å². The molecule has 2 N–H and O–H groups in total. The fraction of sp³-hybridized carbons (Fsp3) is 0.194. The number of H-pyrrole nitrogens is 2. The van der Waals surface area contributed by atoms with Gasteiger partial charge in [-0.15, -0.1) is 0 Å². The van der Waals surface area contributed by atoms with E-state index >= 15 is 0 Å². The van der Waals surface area contributed by atoms with Crippen molar-refractivity contribution in [2.75, 3.05) is 0 Å². The number of benzene rings is 2. The fourth-order valence-electron chi connectivity index (χ4n) is 5.47. The van der Waals surface area contributed by atoms with Gasteiger partial charge in [-0.25, -0.2) is 4.39 Å². The lowest BCUT2D eigenvalue weighted by Gasteiger charge is -2.22. The Kier molecular flexibility index (Phi) is 5.61. The number of fused-ring (bicyclic) bond motifs is 2. The van der Waals surface area contributed by atoms with Gasteiger partial charge in [0.15, 0.2) is 0 Å². The van der Waals surface area contributed by atoms with Crippen molar-refractivity contribution in [3.8, 4) is 39.5 Å². The van der Waals surface area contributed by atoms with E-state index in [0.717, 1.165) is 74.2 Å². The van der Waals surface area contributed by atoms with Crippen LogP contribution in [-0.2, 0) is 0 Å². The number of ether oxygens (including phenoxy) is 1. The predicted molar refractivity (Wildman–Crippen MR) is 147 cm³/mol. The van der Waals surface area contributed by atoms with Crippen LogP contribution in [0.25, 0.3) is 55.6 Å². The van der Waals surface area contributed by atoms with Gasteiger partial charge in [-0.05, 0) is 73.2 Å². The molecule has 0 aliphatic heterocycles. The summed E-state index contributed by atoms with van der Waals surface area (Å²) in [5.41, 5.74) is 6.98. The molecule has 0 atom stereocenters. The highest BCUT2D eigenvalue weighted by molar-refractivity contribution is 6.01. The normalized spacial score (nSPS) is 14.3. The van der Waals surface area contributed by atoms with Crippen LogP contribution in [0.3, 0.4) is 0 Å². The molecular weight excluding hydrogens is 477 g/mol. The van der Waals surface area contributed by atoms with Gasteiger partial charge in [-0.2, -0.15) is 5.10 Å². The molecule has 7 heteroatoms. The lowest BCUT2D eigenvalue weighted by Crippen LogP contribution is -2.19. The van der Waals surface area contributed by atoms with Gasteiger partial charge in [0.25, 0.3) is 0 Å². The molecule has 38 heavy (non-hydrogen) atoms. The van der Waals surface area contributed by atoms with Crippen LogP contribution in [0.5, 0.6) is 5.75 Å². The summed E-state index contributed by atoms with van der Waals surface area (Å²) in [5.74, 6) is 0.528. The summed E-state index contributed by atoms with van der Waals surface area (Å²) in [6, 6.07) is 18.8. The van der Waals surface area contributed by atoms with E-state index in [1.54, 1.807) is 24.5 Å². The Balaban J connectivity index is 1.26. The van der Waals surface area contributed by atoms with E-state index in [1.807, 2.05) is 42.6 Å². The first kappa shape index (κ1) is 22.7. The van der Waals surface area contributed by atoms with Crippen molar-refractivity contribution in [2.24, 2.45) is 0 Å². The summed E-state index contributed by atoms with van der Waals surface area (Å²) in [4.78, 5) is 12.6. The van der Waals surface area contributed by atoms with Crippen LogP contribution in [0.2, 0.25) is 0 Å². The lowest BCUT2D eigenvalue weighted by molar-refractivity contribution is 0.154. The molecule has 6 aromatic rings. The van der Waals surface area contributed by atoms with Crippen molar-refractivity contribution >= 4 is 21.8 Å². The number of aromatic nitrogens is 5. The monoisotopic (exact) mass is 503 g/mol. The van der Waals surface area contributed by atoms with Gasteiger partial charge in [0.2, 0.25) is 0 Å². The van der Waals surface area contributed by atoms with E-state index in [9.17, 15) is 4.39 Å². The highest BCUT2D eigenvalue weighted by Gasteiger charge is 2.17. The number of hydrogen-bond donors (Lipinski definition) is 2. The third kappa shape index (κ3) is 4.20. The zero-order chi connectivity index (χ0) is 25.5. The molecule has 0 amide bonds. The Morgan fingerprint density at radius 3 is 2.61 bits per heavy atom. The number of nitrogens with zero attached hydrogens (tertiary/aromatic N) is 3. The fourth-order valence-corrected chi connectivity index (χ4v) is 5.47. The van der Waals surface area contributed by atoms with Crippen LogP contribution < -0.4 is 4.74 Å². The number of nitrogens with one attached hydrogen (secondary N) is 2. The molecule has 0 saturated heterocycles. The van der Waals surface area contributed by atoms with Crippen molar-refractivity contribution in [3.05, 3.63) is 85.1 Å². The SMILES string of the molecule is Fc1cccc(-c2cccc3[nH]c(-c4n[nH]c5cnc(-c6cncc(OC7CCCCC7)c6)cc45)cc23)c1. The largest absolute Gasteiger partial charge is 0.489 e. The molecule has 4 aromatic heterocycles. The Morgan fingerprint density at radius 2 is 1.71 bits per heavy atom. The second kappa shape index (κ2) is 9.41. The van der Waals surface area contributed by atoms with E-state index < -0.39 is 0 Å². The van der Waals surface area contributed by atoms with Crippen molar-refractivity contribution in [2.45, 2.75) is 38.2 Å². The molecule has 6 nitrogen and oxygen atoms in total. The Labute approximate surface area is 218 Å². The quantitative estimate of drug-likeness (QED) is 0.253. The zero-order valence-corrected chi connectivity index (χ0v) is 20.7. The van der Waals surface area contributed by atoms with Crippen LogP contribution in [0.4, 0.5) is 4.39 Å². The maximum absolute atomic E-state index is 13.9. The number of hydrogen-bond acceptors (Lipinski definition) is 4. The molecule has 1 saturated carbocycles. The maximum Gasteiger partial charge on any atom is 0.138 e. The van der Waals surface area contributed by atoms with Crippen LogP contribution in [0.1, 0.15) is 32.1 Å². The van der Waals surface area contributed by atoms with E-state index in [-0.39, 0.29) is 11.9 Å². The highest BCUT2D eigenvalue weighted by Crippen LogP contribution is 2.35. The zero-order valence-electron chi connectivity index (χ0n) is 20.7. The highest BCUT2D eigenvalue weighted by atomic mass is 19.1. The molecule has 4 heterocycles. The molecule has 7 rings (SSSR count). The van der Waals surface area contributed by atoms with E-state index in [2.05, 4.69) is 31.2 Å². The van der Waals surface area contributed by atoms with Gasteiger partial charge in [0.1, 0.15) is 17.3 Å². The topological polar surface area (TPSA) is 79.5 Å². The Bertz CT molecular complexity index is 1770.